The van der Waals surface area contributed by atoms with Crippen molar-refractivity contribution in [2.45, 2.75) is 38.9 Å². The van der Waals surface area contributed by atoms with Crippen LogP contribution in [0.3, 0.4) is 0 Å². The van der Waals surface area contributed by atoms with Crippen LogP contribution in [0.4, 0.5) is 0 Å². The predicted molar refractivity (Wildman–Crippen MR) is 154 cm³/mol. The molecule has 37 heavy (non-hydrogen) atoms. The second-order valence-electron chi connectivity index (χ2n) is 10.8. The summed E-state index contributed by atoms with van der Waals surface area (Å²) in [5.41, 5.74) is 3.03. The second-order valence-corrected chi connectivity index (χ2v) is 11.9. The Labute approximate surface area is 218 Å². The van der Waals surface area contributed by atoms with Crippen LogP contribution in [0, 0.1) is 0 Å². The monoisotopic (exact) mass is 504 g/mol. The Morgan fingerprint density at radius 2 is 1.24 bits per heavy atom. The Morgan fingerprint density at radius 3 is 2.00 bits per heavy atom. The second kappa shape index (κ2) is 7.78. The summed E-state index contributed by atoms with van der Waals surface area (Å²) in [6, 6.07) is 26.4. The molecule has 1 aliphatic heterocycles. The topological polar surface area (TPSA) is 48.7 Å². The molecule has 182 valence electrons. The molecule has 0 spiro atoms. The summed E-state index contributed by atoms with van der Waals surface area (Å²) in [5, 5.41) is 3.57. The van der Waals surface area contributed by atoms with Crippen molar-refractivity contribution < 1.29 is 13.7 Å². The van der Waals surface area contributed by atoms with Gasteiger partial charge < -0.3 is 13.7 Å². The van der Waals surface area contributed by atoms with Gasteiger partial charge in [-0.3, -0.25) is 4.79 Å². The normalized spacial score (nSPS) is 16.9. The zero-order chi connectivity index (χ0) is 25.5. The molecule has 3 heterocycles. The van der Waals surface area contributed by atoms with Gasteiger partial charge in [0.05, 0.1) is 22.0 Å². The molecule has 0 atom stereocenters. The minimum absolute atomic E-state index is 0.0569. The van der Waals surface area contributed by atoms with E-state index in [0.29, 0.717) is 21.9 Å². The fraction of sp³-hybridized carbons (Fsp3) is 0.194. The minimum atomic E-state index is -0.539. The molecule has 4 aromatic carbocycles. The van der Waals surface area contributed by atoms with E-state index in [2.05, 4.69) is 42.5 Å². The highest BCUT2D eigenvalue weighted by Crippen LogP contribution is 2.38. The molecule has 6 heteroatoms. The summed E-state index contributed by atoms with van der Waals surface area (Å²) >= 11 is 1.80. The highest BCUT2D eigenvalue weighted by molar-refractivity contribution is 7.25. The van der Waals surface area contributed by atoms with E-state index in [4.69, 9.17) is 13.7 Å². The van der Waals surface area contributed by atoms with Gasteiger partial charge in [0.25, 0.3) is 0 Å². The van der Waals surface area contributed by atoms with Crippen molar-refractivity contribution in [2.75, 3.05) is 0 Å². The molecule has 1 saturated heterocycles. The molecule has 1 aliphatic rings. The van der Waals surface area contributed by atoms with Crippen LogP contribution < -0.4 is 10.9 Å². The quantitative estimate of drug-likeness (QED) is 0.184. The fourth-order valence-corrected chi connectivity index (χ4v) is 6.17. The van der Waals surface area contributed by atoms with E-state index in [1.54, 1.807) is 11.3 Å². The van der Waals surface area contributed by atoms with Crippen LogP contribution in [0.15, 0.2) is 88.1 Å². The summed E-state index contributed by atoms with van der Waals surface area (Å²) in [7, 11) is -0.539. The van der Waals surface area contributed by atoms with Crippen LogP contribution in [0.1, 0.15) is 27.7 Å². The van der Waals surface area contributed by atoms with E-state index in [9.17, 15) is 4.79 Å². The summed E-state index contributed by atoms with van der Waals surface area (Å²) in [4.78, 5) is 13.7. The van der Waals surface area contributed by atoms with Crippen LogP contribution >= 0.6 is 11.3 Å². The first-order valence-electron chi connectivity index (χ1n) is 12.5. The van der Waals surface area contributed by atoms with Crippen LogP contribution in [0.25, 0.3) is 53.2 Å². The maximum atomic E-state index is 13.7. The van der Waals surface area contributed by atoms with Crippen molar-refractivity contribution >= 4 is 66.0 Å². The van der Waals surface area contributed by atoms with Crippen LogP contribution in [0.2, 0.25) is 0 Å². The van der Waals surface area contributed by atoms with E-state index in [1.165, 1.54) is 20.2 Å². The molecule has 0 amide bonds. The van der Waals surface area contributed by atoms with E-state index in [0.717, 1.165) is 16.6 Å². The molecule has 0 N–H and O–H groups in total. The number of thiophene rings is 1. The molecular weight excluding hydrogens is 479 g/mol. The average Bonchev–Trinajstić information content (AvgIpc) is 3.36. The molecule has 0 aliphatic carbocycles. The maximum Gasteiger partial charge on any atom is 0.494 e. The minimum Gasteiger partial charge on any atom is -0.456 e. The van der Waals surface area contributed by atoms with Gasteiger partial charge in [-0.2, -0.15) is 0 Å². The number of rotatable bonds is 2. The molecular formula is C31H25BO4S. The maximum absolute atomic E-state index is 13.7. The first-order chi connectivity index (χ1) is 17.7. The van der Waals surface area contributed by atoms with Crippen molar-refractivity contribution in [3.05, 3.63) is 89.1 Å². The molecule has 7 rings (SSSR count). The molecule has 2 aromatic heterocycles. The standard InChI is InChI=1S/C31H25BO4S/c1-30(2)31(3,4)36-32(35-30)20-11-13-26-24(17-20)29(33)23-16-18(9-12-25(23)34-26)19-10-14-28-22(15-19)21-7-5-6-8-27(21)37-28/h5-17H,1-4H3. The van der Waals surface area contributed by atoms with Crippen molar-refractivity contribution in [3.63, 3.8) is 0 Å². The number of fused-ring (bicyclic) bond motifs is 5. The Hall–Kier alpha value is -3.45. The fourth-order valence-electron chi connectivity index (χ4n) is 5.08. The number of hydrogen-bond acceptors (Lipinski definition) is 5. The first kappa shape index (κ1) is 22.7. The highest BCUT2D eigenvalue weighted by atomic mass is 32.1. The van der Waals surface area contributed by atoms with Crippen molar-refractivity contribution in [3.8, 4) is 11.1 Å². The Balaban J connectivity index is 1.35. The lowest BCUT2D eigenvalue weighted by Crippen LogP contribution is -2.41. The summed E-state index contributed by atoms with van der Waals surface area (Å²) in [6.07, 6.45) is 0. The van der Waals surface area contributed by atoms with E-state index in [1.807, 2.05) is 64.1 Å². The van der Waals surface area contributed by atoms with E-state index < -0.39 is 18.3 Å². The Kier molecular flexibility index (Phi) is 4.78. The average molecular weight is 504 g/mol. The van der Waals surface area contributed by atoms with E-state index in [-0.39, 0.29) is 5.43 Å². The van der Waals surface area contributed by atoms with Gasteiger partial charge in [0, 0.05) is 20.2 Å². The van der Waals surface area contributed by atoms with Gasteiger partial charge in [0.15, 0.2) is 0 Å². The predicted octanol–water partition coefficient (Wildman–Crippen LogP) is 7.28. The van der Waals surface area contributed by atoms with Crippen LogP contribution in [0.5, 0.6) is 0 Å². The number of hydrogen-bond donors (Lipinski definition) is 0. The highest BCUT2D eigenvalue weighted by Gasteiger charge is 2.51. The van der Waals surface area contributed by atoms with Crippen molar-refractivity contribution in [1.82, 2.24) is 0 Å². The van der Waals surface area contributed by atoms with Crippen LogP contribution in [-0.4, -0.2) is 18.3 Å². The van der Waals surface area contributed by atoms with Crippen molar-refractivity contribution in [2.24, 2.45) is 0 Å². The lowest BCUT2D eigenvalue weighted by molar-refractivity contribution is 0.00578. The van der Waals surface area contributed by atoms with Gasteiger partial charge in [-0.15, -0.1) is 11.3 Å². The zero-order valence-electron chi connectivity index (χ0n) is 21.1. The Bertz CT molecular complexity index is 1920. The summed E-state index contributed by atoms with van der Waals surface area (Å²) in [6.45, 7) is 8.09. The van der Waals surface area contributed by atoms with Gasteiger partial charge >= 0.3 is 7.12 Å². The van der Waals surface area contributed by atoms with Crippen molar-refractivity contribution in [1.29, 1.82) is 0 Å². The van der Waals surface area contributed by atoms with Gasteiger partial charge in [-0.05, 0) is 86.7 Å². The van der Waals surface area contributed by atoms with Gasteiger partial charge in [0.2, 0.25) is 5.43 Å². The summed E-state index contributed by atoms with van der Waals surface area (Å²) in [5.74, 6) is 0. The lowest BCUT2D eigenvalue weighted by Gasteiger charge is -2.32. The first-order valence-corrected chi connectivity index (χ1v) is 13.3. The van der Waals surface area contributed by atoms with Crippen LogP contribution in [-0.2, 0) is 9.31 Å². The Morgan fingerprint density at radius 1 is 0.649 bits per heavy atom. The number of benzene rings is 4. The third-order valence-electron chi connectivity index (χ3n) is 7.93. The molecule has 1 fully saturated rings. The SMILES string of the molecule is CC1(C)OB(c2ccc3oc4ccc(-c5ccc6sc7ccccc7c6c5)cc4c(=O)c3c2)OC1(C)C. The molecule has 0 radical (unpaired) electrons. The third kappa shape index (κ3) is 3.47. The molecule has 6 aromatic rings. The van der Waals surface area contributed by atoms with Gasteiger partial charge in [-0.1, -0.05) is 36.4 Å². The molecule has 0 unspecified atom stereocenters. The van der Waals surface area contributed by atoms with E-state index >= 15 is 0 Å². The lowest BCUT2D eigenvalue weighted by atomic mass is 9.78. The van der Waals surface area contributed by atoms with Gasteiger partial charge in [0.1, 0.15) is 11.2 Å². The molecule has 4 nitrogen and oxygen atoms in total. The largest absolute Gasteiger partial charge is 0.494 e. The molecule has 0 saturated carbocycles. The van der Waals surface area contributed by atoms with Gasteiger partial charge in [-0.25, -0.2) is 0 Å². The smallest absolute Gasteiger partial charge is 0.456 e. The summed E-state index contributed by atoms with van der Waals surface area (Å²) < 4.78 is 21.1. The molecule has 0 bridgehead atoms. The third-order valence-corrected chi connectivity index (χ3v) is 9.08. The zero-order valence-corrected chi connectivity index (χ0v) is 21.9.